The van der Waals surface area contributed by atoms with Crippen molar-refractivity contribution < 1.29 is 9.47 Å². The van der Waals surface area contributed by atoms with E-state index >= 15 is 0 Å². The quantitative estimate of drug-likeness (QED) is 0.634. The maximum atomic E-state index is 5.68. The fourth-order valence-corrected chi connectivity index (χ4v) is 4.20. The number of hydrogen-bond donors (Lipinski definition) is 1. The molecule has 2 saturated heterocycles. The van der Waals surface area contributed by atoms with Gasteiger partial charge in [0.05, 0.1) is 6.61 Å². The van der Waals surface area contributed by atoms with Crippen molar-refractivity contribution in [3.05, 3.63) is 29.8 Å². The number of aliphatic imine (C=N–C) groups is 1. The molecule has 0 aromatic heterocycles. The second kappa shape index (κ2) is 9.45. The minimum Gasteiger partial charge on any atom is -0.494 e. The molecular weight excluding hydrogens is 338 g/mol. The second-order valence-corrected chi connectivity index (χ2v) is 7.92. The summed E-state index contributed by atoms with van der Waals surface area (Å²) < 4.78 is 11.3. The fraction of sp³-hybridized carbons (Fsp3) is 0.682. The van der Waals surface area contributed by atoms with Crippen LogP contribution >= 0.6 is 0 Å². The summed E-state index contributed by atoms with van der Waals surface area (Å²) in [6.45, 7) is 9.78. The third-order valence-corrected chi connectivity index (χ3v) is 6.11. The van der Waals surface area contributed by atoms with Gasteiger partial charge in [-0.15, -0.1) is 0 Å². The first kappa shape index (κ1) is 20.0. The molecule has 0 saturated carbocycles. The largest absolute Gasteiger partial charge is 0.494 e. The van der Waals surface area contributed by atoms with Crippen molar-refractivity contribution in [2.75, 3.05) is 46.5 Å². The summed E-state index contributed by atoms with van der Waals surface area (Å²) in [5.74, 6) is 2.80. The molecule has 150 valence electrons. The molecule has 2 aliphatic rings. The molecule has 0 atom stereocenters. The van der Waals surface area contributed by atoms with Crippen LogP contribution in [-0.4, -0.2) is 57.4 Å². The first-order valence-corrected chi connectivity index (χ1v) is 10.4. The molecule has 2 heterocycles. The van der Waals surface area contributed by atoms with E-state index in [0.717, 1.165) is 63.3 Å². The Balaban J connectivity index is 1.70. The lowest BCUT2D eigenvalue weighted by Gasteiger charge is -2.40. The van der Waals surface area contributed by atoms with Gasteiger partial charge in [-0.3, -0.25) is 4.99 Å². The molecule has 0 aliphatic carbocycles. The van der Waals surface area contributed by atoms with Crippen LogP contribution in [0.1, 0.15) is 45.1 Å². The molecule has 27 heavy (non-hydrogen) atoms. The maximum absolute atomic E-state index is 5.68. The molecule has 0 unspecified atom stereocenters. The van der Waals surface area contributed by atoms with Crippen molar-refractivity contribution in [1.29, 1.82) is 0 Å². The molecule has 2 fully saturated rings. The first-order valence-electron chi connectivity index (χ1n) is 10.4. The number of likely N-dealkylation sites (tertiary alicyclic amines) is 1. The molecule has 0 amide bonds. The highest BCUT2D eigenvalue weighted by Gasteiger charge is 2.35. The van der Waals surface area contributed by atoms with E-state index in [2.05, 4.69) is 46.4 Å². The number of hydrogen-bond acceptors (Lipinski definition) is 3. The summed E-state index contributed by atoms with van der Waals surface area (Å²) in [4.78, 5) is 6.97. The molecule has 0 spiro atoms. The van der Waals surface area contributed by atoms with Crippen molar-refractivity contribution in [2.45, 2.75) is 44.9 Å². The van der Waals surface area contributed by atoms with Crippen LogP contribution in [-0.2, 0) is 10.2 Å². The van der Waals surface area contributed by atoms with Gasteiger partial charge in [0.15, 0.2) is 5.96 Å². The van der Waals surface area contributed by atoms with Gasteiger partial charge >= 0.3 is 0 Å². The van der Waals surface area contributed by atoms with Gasteiger partial charge < -0.3 is 19.7 Å². The van der Waals surface area contributed by atoms with Crippen LogP contribution in [0, 0.1) is 5.92 Å². The first-order chi connectivity index (χ1) is 13.2. The van der Waals surface area contributed by atoms with E-state index in [0.29, 0.717) is 6.61 Å². The minimum absolute atomic E-state index is 0.0853. The predicted molar refractivity (Wildman–Crippen MR) is 111 cm³/mol. The van der Waals surface area contributed by atoms with Crippen LogP contribution in [0.4, 0.5) is 0 Å². The molecule has 5 nitrogen and oxygen atoms in total. The Kier molecular flexibility index (Phi) is 7.00. The third-order valence-electron chi connectivity index (χ3n) is 6.11. The van der Waals surface area contributed by atoms with E-state index in [1.54, 1.807) is 0 Å². The molecule has 0 bridgehead atoms. The van der Waals surface area contributed by atoms with Gasteiger partial charge in [-0.25, -0.2) is 0 Å². The fourth-order valence-electron chi connectivity index (χ4n) is 4.20. The lowest BCUT2D eigenvalue weighted by molar-refractivity contribution is 0.0511. The van der Waals surface area contributed by atoms with Gasteiger partial charge in [0.25, 0.3) is 0 Å². The Bertz CT molecular complexity index is 600. The highest BCUT2D eigenvalue weighted by Crippen LogP contribution is 2.35. The minimum atomic E-state index is 0.0853. The van der Waals surface area contributed by atoms with Crippen molar-refractivity contribution in [3.63, 3.8) is 0 Å². The molecule has 1 aromatic rings. The Labute approximate surface area is 164 Å². The average Bonchev–Trinajstić information content (AvgIpc) is 2.71. The summed E-state index contributed by atoms with van der Waals surface area (Å²) in [6.07, 6.45) is 4.56. The van der Waals surface area contributed by atoms with Crippen molar-refractivity contribution in [1.82, 2.24) is 10.2 Å². The van der Waals surface area contributed by atoms with Crippen LogP contribution in [0.25, 0.3) is 0 Å². The van der Waals surface area contributed by atoms with E-state index in [9.17, 15) is 0 Å². The highest BCUT2D eigenvalue weighted by atomic mass is 16.5. The maximum Gasteiger partial charge on any atom is 0.193 e. The predicted octanol–water partition coefficient (Wildman–Crippen LogP) is 3.44. The topological polar surface area (TPSA) is 46.1 Å². The molecule has 2 aliphatic heterocycles. The monoisotopic (exact) mass is 373 g/mol. The van der Waals surface area contributed by atoms with Gasteiger partial charge in [0, 0.05) is 45.3 Å². The summed E-state index contributed by atoms with van der Waals surface area (Å²) in [5, 5.41) is 3.69. The number of rotatable bonds is 5. The smallest absolute Gasteiger partial charge is 0.193 e. The molecular formula is C22H35N3O2. The molecule has 5 heteroatoms. The van der Waals surface area contributed by atoms with E-state index in [4.69, 9.17) is 9.47 Å². The summed E-state index contributed by atoms with van der Waals surface area (Å²) >= 11 is 0. The summed E-state index contributed by atoms with van der Waals surface area (Å²) in [7, 11) is 1.90. The number of piperidine rings is 1. The standard InChI is InChI=1S/C22H35N3O2/c1-4-27-20-7-5-19(6-8-20)22(11-15-26-16-12-22)17-24-21(23-3)25-13-9-18(2)10-14-25/h5-8,18H,4,9-17H2,1-3H3,(H,23,24). The Morgan fingerprint density at radius 3 is 2.48 bits per heavy atom. The molecule has 1 aromatic carbocycles. The van der Waals surface area contributed by atoms with Crippen molar-refractivity contribution in [3.8, 4) is 5.75 Å². The van der Waals surface area contributed by atoms with Crippen LogP contribution in [0.5, 0.6) is 5.75 Å². The van der Waals surface area contributed by atoms with E-state index in [1.165, 1.54) is 18.4 Å². The van der Waals surface area contributed by atoms with Gasteiger partial charge in [0.2, 0.25) is 0 Å². The second-order valence-electron chi connectivity index (χ2n) is 7.92. The summed E-state index contributed by atoms with van der Waals surface area (Å²) in [5.41, 5.74) is 1.45. The van der Waals surface area contributed by atoms with Crippen LogP contribution in [0.3, 0.4) is 0 Å². The van der Waals surface area contributed by atoms with Crippen molar-refractivity contribution >= 4 is 5.96 Å². The van der Waals surface area contributed by atoms with Gasteiger partial charge in [0.1, 0.15) is 5.75 Å². The Morgan fingerprint density at radius 1 is 1.22 bits per heavy atom. The number of benzene rings is 1. The van der Waals surface area contributed by atoms with Crippen LogP contribution < -0.4 is 10.1 Å². The number of guanidine groups is 1. The van der Waals surface area contributed by atoms with Crippen molar-refractivity contribution in [2.24, 2.45) is 10.9 Å². The lowest BCUT2D eigenvalue weighted by Crippen LogP contribution is -2.51. The van der Waals surface area contributed by atoms with Crippen LogP contribution in [0.2, 0.25) is 0 Å². The number of nitrogens with zero attached hydrogens (tertiary/aromatic N) is 2. The summed E-state index contributed by atoms with van der Waals surface area (Å²) in [6, 6.07) is 8.64. The third kappa shape index (κ3) is 4.95. The van der Waals surface area contributed by atoms with Crippen LogP contribution in [0.15, 0.2) is 29.3 Å². The Hall–Kier alpha value is -1.75. The highest BCUT2D eigenvalue weighted by molar-refractivity contribution is 5.80. The van der Waals surface area contributed by atoms with E-state index in [1.807, 2.05) is 14.0 Å². The Morgan fingerprint density at radius 2 is 1.89 bits per heavy atom. The number of nitrogens with one attached hydrogen (secondary N) is 1. The zero-order valence-corrected chi connectivity index (χ0v) is 17.2. The van der Waals surface area contributed by atoms with E-state index in [-0.39, 0.29) is 5.41 Å². The van der Waals surface area contributed by atoms with Gasteiger partial charge in [-0.1, -0.05) is 19.1 Å². The average molecular weight is 374 g/mol. The zero-order chi connectivity index (χ0) is 19.1. The molecule has 3 rings (SSSR count). The molecule has 1 N–H and O–H groups in total. The SMILES string of the molecule is CCOc1ccc(C2(CNC(=NC)N3CCC(C)CC3)CCOCC2)cc1. The zero-order valence-electron chi connectivity index (χ0n) is 17.2. The lowest BCUT2D eigenvalue weighted by atomic mass is 9.74. The van der Waals surface area contributed by atoms with E-state index < -0.39 is 0 Å². The number of ether oxygens (including phenoxy) is 2. The van der Waals surface area contributed by atoms with Gasteiger partial charge in [-0.2, -0.15) is 0 Å². The van der Waals surface area contributed by atoms with Gasteiger partial charge in [-0.05, 0) is 56.2 Å². The molecule has 0 radical (unpaired) electrons. The normalized spacial score (nSPS) is 21.1.